The Morgan fingerprint density at radius 1 is 1.25 bits per heavy atom. The lowest BCUT2D eigenvalue weighted by Gasteiger charge is -1.98. The molecule has 6 heteroatoms. The van der Waals surface area contributed by atoms with Gasteiger partial charge in [0.05, 0.1) is 15.8 Å². The van der Waals surface area contributed by atoms with Crippen molar-refractivity contribution in [3.63, 3.8) is 0 Å². The molecule has 3 nitrogen and oxygen atoms in total. The summed E-state index contributed by atoms with van der Waals surface area (Å²) in [6.07, 6.45) is 0. The van der Waals surface area contributed by atoms with Crippen molar-refractivity contribution in [2.45, 2.75) is 0 Å². The molecule has 0 unspecified atom stereocenters. The third-order valence-corrected chi connectivity index (χ3v) is 4.34. The fourth-order valence-electron chi connectivity index (χ4n) is 1.84. The maximum Gasteiger partial charge on any atom is 0.335 e. The Bertz CT molecular complexity index is 831. The standard InChI is InChI=1S/C14H7BrFNO2S/c15-8-2-3-9(10(16)6-8)13-17-11-4-1-7(14(18)19)5-12(11)20-13/h1-6H,(H,18,19). The summed E-state index contributed by atoms with van der Waals surface area (Å²) in [4.78, 5) is 15.3. The van der Waals surface area contributed by atoms with Gasteiger partial charge < -0.3 is 5.11 Å². The fraction of sp³-hybridized carbons (Fsp3) is 0. The highest BCUT2D eigenvalue weighted by molar-refractivity contribution is 9.10. The molecule has 1 heterocycles. The van der Waals surface area contributed by atoms with E-state index in [1.54, 1.807) is 24.3 Å². The largest absolute Gasteiger partial charge is 0.478 e. The van der Waals surface area contributed by atoms with Crippen LogP contribution in [-0.2, 0) is 0 Å². The van der Waals surface area contributed by atoms with E-state index >= 15 is 0 Å². The number of nitrogens with zero attached hydrogens (tertiary/aromatic N) is 1. The normalized spacial score (nSPS) is 10.9. The van der Waals surface area contributed by atoms with Crippen LogP contribution in [0.15, 0.2) is 40.9 Å². The molecule has 0 saturated heterocycles. The molecule has 0 atom stereocenters. The van der Waals surface area contributed by atoms with Crippen LogP contribution >= 0.6 is 27.3 Å². The first-order chi connectivity index (χ1) is 9.54. The van der Waals surface area contributed by atoms with Gasteiger partial charge in [0.1, 0.15) is 10.8 Å². The van der Waals surface area contributed by atoms with Gasteiger partial charge in [-0.05, 0) is 36.4 Å². The van der Waals surface area contributed by atoms with Crippen LogP contribution in [0.2, 0.25) is 0 Å². The number of aromatic carboxylic acids is 1. The first-order valence-electron chi connectivity index (χ1n) is 5.64. The van der Waals surface area contributed by atoms with Gasteiger partial charge >= 0.3 is 5.97 Å². The molecule has 1 N–H and O–H groups in total. The molecule has 0 saturated carbocycles. The number of aromatic nitrogens is 1. The Labute approximate surface area is 125 Å². The van der Waals surface area contributed by atoms with Crippen LogP contribution in [0.25, 0.3) is 20.8 Å². The van der Waals surface area contributed by atoms with Crippen molar-refractivity contribution in [1.82, 2.24) is 4.98 Å². The number of fused-ring (bicyclic) bond motifs is 1. The van der Waals surface area contributed by atoms with E-state index in [-0.39, 0.29) is 11.4 Å². The van der Waals surface area contributed by atoms with Crippen LogP contribution in [0.5, 0.6) is 0 Å². The Morgan fingerprint density at radius 3 is 2.75 bits per heavy atom. The summed E-state index contributed by atoms with van der Waals surface area (Å²) in [5, 5.41) is 9.50. The van der Waals surface area contributed by atoms with Crippen molar-refractivity contribution in [2.24, 2.45) is 0 Å². The summed E-state index contributed by atoms with van der Waals surface area (Å²) in [5.41, 5.74) is 1.27. The number of halogens is 2. The first kappa shape index (κ1) is 13.2. The van der Waals surface area contributed by atoms with Crippen molar-refractivity contribution in [3.05, 3.63) is 52.3 Å². The number of thiazole rings is 1. The van der Waals surface area contributed by atoms with Crippen molar-refractivity contribution in [1.29, 1.82) is 0 Å². The van der Waals surface area contributed by atoms with Crippen molar-refractivity contribution >= 4 is 43.5 Å². The maximum atomic E-state index is 13.9. The number of carboxylic acid groups (broad SMARTS) is 1. The molecule has 0 aliphatic heterocycles. The zero-order chi connectivity index (χ0) is 14.3. The molecule has 0 fully saturated rings. The average molecular weight is 352 g/mol. The van der Waals surface area contributed by atoms with Gasteiger partial charge in [-0.1, -0.05) is 15.9 Å². The molecule has 100 valence electrons. The van der Waals surface area contributed by atoms with Crippen LogP contribution in [0.3, 0.4) is 0 Å². The zero-order valence-electron chi connectivity index (χ0n) is 9.93. The van der Waals surface area contributed by atoms with Gasteiger partial charge in [-0.2, -0.15) is 0 Å². The molecule has 20 heavy (non-hydrogen) atoms. The predicted molar refractivity (Wildman–Crippen MR) is 79.7 cm³/mol. The molecule has 0 aliphatic rings. The molecule has 0 spiro atoms. The number of rotatable bonds is 2. The number of hydrogen-bond acceptors (Lipinski definition) is 3. The second-order valence-corrected chi connectivity index (χ2v) is 6.08. The van der Waals surface area contributed by atoms with E-state index in [0.717, 1.165) is 4.70 Å². The molecule has 2 aromatic carbocycles. The number of hydrogen-bond donors (Lipinski definition) is 1. The second-order valence-electron chi connectivity index (χ2n) is 4.13. The highest BCUT2D eigenvalue weighted by Crippen LogP contribution is 2.33. The monoisotopic (exact) mass is 351 g/mol. The summed E-state index contributed by atoms with van der Waals surface area (Å²) in [7, 11) is 0. The molecular formula is C14H7BrFNO2S. The van der Waals surface area contributed by atoms with Crippen LogP contribution < -0.4 is 0 Å². The van der Waals surface area contributed by atoms with Gasteiger partial charge in [0.25, 0.3) is 0 Å². The minimum atomic E-state index is -0.989. The smallest absolute Gasteiger partial charge is 0.335 e. The Hall–Kier alpha value is -1.79. The molecule has 3 aromatic rings. The second kappa shape index (κ2) is 4.96. The van der Waals surface area contributed by atoms with E-state index in [1.807, 2.05) is 0 Å². The van der Waals surface area contributed by atoms with E-state index < -0.39 is 5.97 Å². The Morgan fingerprint density at radius 2 is 2.05 bits per heavy atom. The fourth-order valence-corrected chi connectivity index (χ4v) is 3.20. The third kappa shape index (κ3) is 2.32. The summed E-state index contributed by atoms with van der Waals surface area (Å²) in [5.74, 6) is -1.35. The molecule has 0 amide bonds. The molecular weight excluding hydrogens is 345 g/mol. The molecule has 0 radical (unpaired) electrons. The lowest BCUT2D eigenvalue weighted by atomic mass is 10.2. The van der Waals surface area contributed by atoms with E-state index in [0.29, 0.717) is 20.6 Å². The maximum absolute atomic E-state index is 13.9. The van der Waals surface area contributed by atoms with Gasteiger partial charge in [-0.3, -0.25) is 0 Å². The highest BCUT2D eigenvalue weighted by Gasteiger charge is 2.12. The van der Waals surface area contributed by atoms with Gasteiger partial charge in [-0.15, -0.1) is 11.3 Å². The predicted octanol–water partition coefficient (Wildman–Crippen LogP) is 4.56. The highest BCUT2D eigenvalue weighted by atomic mass is 79.9. The number of benzene rings is 2. The lowest BCUT2D eigenvalue weighted by molar-refractivity contribution is 0.0697. The van der Waals surface area contributed by atoms with Gasteiger partial charge in [0.2, 0.25) is 0 Å². The first-order valence-corrected chi connectivity index (χ1v) is 7.25. The number of carboxylic acids is 1. The van der Waals surface area contributed by atoms with Crippen molar-refractivity contribution in [2.75, 3.05) is 0 Å². The van der Waals surface area contributed by atoms with Crippen LogP contribution in [0.1, 0.15) is 10.4 Å². The summed E-state index contributed by atoms with van der Waals surface area (Å²) in [6, 6.07) is 9.45. The van der Waals surface area contributed by atoms with Crippen molar-refractivity contribution < 1.29 is 14.3 Å². The zero-order valence-corrected chi connectivity index (χ0v) is 12.3. The van der Waals surface area contributed by atoms with Crippen molar-refractivity contribution in [3.8, 4) is 10.6 Å². The molecule has 3 rings (SSSR count). The van der Waals surface area contributed by atoms with E-state index in [1.165, 1.54) is 23.5 Å². The molecule has 0 aliphatic carbocycles. The summed E-state index contributed by atoms with van der Waals surface area (Å²) < 4.78 is 15.3. The van der Waals surface area contributed by atoms with Crippen LogP contribution in [-0.4, -0.2) is 16.1 Å². The van der Waals surface area contributed by atoms with E-state index in [9.17, 15) is 9.18 Å². The van der Waals surface area contributed by atoms with Gasteiger partial charge in [0.15, 0.2) is 0 Å². The summed E-state index contributed by atoms with van der Waals surface area (Å²) >= 11 is 4.48. The molecule has 1 aromatic heterocycles. The quantitative estimate of drug-likeness (QED) is 0.735. The topological polar surface area (TPSA) is 50.2 Å². The molecule has 0 bridgehead atoms. The lowest BCUT2D eigenvalue weighted by Crippen LogP contribution is -1.94. The average Bonchev–Trinajstić information content (AvgIpc) is 2.80. The Balaban J connectivity index is 2.15. The third-order valence-electron chi connectivity index (χ3n) is 2.80. The minimum absolute atomic E-state index is 0.198. The van der Waals surface area contributed by atoms with E-state index in [4.69, 9.17) is 5.11 Å². The minimum Gasteiger partial charge on any atom is -0.478 e. The van der Waals surface area contributed by atoms with Crippen LogP contribution in [0.4, 0.5) is 4.39 Å². The van der Waals surface area contributed by atoms with Gasteiger partial charge in [0, 0.05) is 10.0 Å². The van der Waals surface area contributed by atoms with Gasteiger partial charge in [-0.25, -0.2) is 14.2 Å². The SMILES string of the molecule is O=C(O)c1ccc2nc(-c3ccc(Br)cc3F)sc2c1. The summed E-state index contributed by atoms with van der Waals surface area (Å²) in [6.45, 7) is 0. The van der Waals surface area contributed by atoms with E-state index in [2.05, 4.69) is 20.9 Å². The number of carbonyl (C=O) groups is 1. The Kier molecular flexibility index (Phi) is 3.27. The van der Waals surface area contributed by atoms with Crippen LogP contribution in [0, 0.1) is 5.82 Å².